The Balaban J connectivity index is 1.99. The summed E-state index contributed by atoms with van der Waals surface area (Å²) in [5.41, 5.74) is 1.51. The molecule has 2 aromatic rings. The first-order valence-electron chi connectivity index (χ1n) is 5.89. The summed E-state index contributed by atoms with van der Waals surface area (Å²) in [6.07, 6.45) is -0.312. The van der Waals surface area contributed by atoms with Crippen molar-refractivity contribution in [3.63, 3.8) is 0 Å². The van der Waals surface area contributed by atoms with Crippen LogP contribution in [0.15, 0.2) is 42.5 Å². The third-order valence-corrected chi connectivity index (χ3v) is 3.20. The van der Waals surface area contributed by atoms with E-state index >= 15 is 0 Å². The molecule has 1 aliphatic heterocycles. The van der Waals surface area contributed by atoms with Gasteiger partial charge in [-0.25, -0.2) is 13.6 Å². The predicted molar refractivity (Wildman–Crippen MR) is 64.7 cm³/mol. The van der Waals surface area contributed by atoms with Crippen molar-refractivity contribution in [2.45, 2.75) is 12.5 Å². The number of ether oxygens (including phenoxy) is 1. The van der Waals surface area contributed by atoms with E-state index in [9.17, 15) is 13.6 Å². The quantitative estimate of drug-likeness (QED) is 0.734. The molecule has 0 amide bonds. The molecule has 1 aliphatic rings. The Morgan fingerprint density at radius 2 is 1.89 bits per heavy atom. The molecule has 0 fully saturated rings. The lowest BCUT2D eigenvalue weighted by Crippen LogP contribution is -2.22. The number of cyclic esters (lactones) is 1. The highest BCUT2D eigenvalue weighted by Crippen LogP contribution is 2.31. The first-order valence-corrected chi connectivity index (χ1v) is 5.89. The van der Waals surface area contributed by atoms with E-state index in [1.54, 1.807) is 12.1 Å². The second-order valence-electron chi connectivity index (χ2n) is 4.42. The number of carbonyl (C=O) groups excluding carboxylic acids is 1. The average molecular weight is 260 g/mol. The molecule has 3 rings (SSSR count). The highest BCUT2D eigenvalue weighted by molar-refractivity contribution is 5.92. The van der Waals surface area contributed by atoms with Crippen LogP contribution in [0.1, 0.15) is 27.6 Å². The van der Waals surface area contributed by atoms with Crippen molar-refractivity contribution >= 4 is 5.97 Å². The van der Waals surface area contributed by atoms with Gasteiger partial charge in [-0.15, -0.1) is 0 Å². The van der Waals surface area contributed by atoms with Crippen LogP contribution in [-0.4, -0.2) is 5.97 Å². The van der Waals surface area contributed by atoms with Crippen molar-refractivity contribution in [3.8, 4) is 0 Å². The number of halogens is 2. The van der Waals surface area contributed by atoms with Crippen LogP contribution in [0.2, 0.25) is 0 Å². The second-order valence-corrected chi connectivity index (χ2v) is 4.42. The minimum atomic E-state index is -0.706. The molecule has 19 heavy (non-hydrogen) atoms. The smallest absolute Gasteiger partial charge is 0.339 e. The topological polar surface area (TPSA) is 26.3 Å². The molecule has 0 aromatic heterocycles. The van der Waals surface area contributed by atoms with Gasteiger partial charge >= 0.3 is 5.97 Å². The fourth-order valence-corrected chi connectivity index (χ4v) is 2.27. The van der Waals surface area contributed by atoms with E-state index in [0.29, 0.717) is 12.0 Å². The molecule has 1 atom stereocenters. The van der Waals surface area contributed by atoms with Crippen LogP contribution in [0.25, 0.3) is 0 Å². The fourth-order valence-electron chi connectivity index (χ4n) is 2.27. The molecule has 0 spiro atoms. The zero-order valence-corrected chi connectivity index (χ0v) is 9.90. The van der Waals surface area contributed by atoms with Gasteiger partial charge in [0.25, 0.3) is 0 Å². The Morgan fingerprint density at radius 3 is 2.68 bits per heavy atom. The zero-order chi connectivity index (χ0) is 13.4. The molecule has 0 radical (unpaired) electrons. The standard InChI is InChI=1S/C15H10F2O2/c16-10-5-6-12(13(17)8-10)14-7-9-3-1-2-4-11(9)15(18)19-14/h1-6,8,14H,7H2. The minimum Gasteiger partial charge on any atom is -0.453 e. The lowest BCUT2D eigenvalue weighted by molar-refractivity contribution is 0.0245. The van der Waals surface area contributed by atoms with E-state index in [1.165, 1.54) is 6.07 Å². The van der Waals surface area contributed by atoms with Crippen LogP contribution in [0.4, 0.5) is 8.78 Å². The van der Waals surface area contributed by atoms with Crippen LogP contribution in [0.5, 0.6) is 0 Å². The lowest BCUT2D eigenvalue weighted by atomic mass is 9.94. The van der Waals surface area contributed by atoms with E-state index in [-0.39, 0.29) is 5.56 Å². The predicted octanol–water partition coefficient (Wildman–Crippen LogP) is 3.42. The van der Waals surface area contributed by atoms with Gasteiger partial charge in [0.15, 0.2) is 0 Å². The average Bonchev–Trinajstić information content (AvgIpc) is 2.38. The van der Waals surface area contributed by atoms with E-state index in [1.807, 2.05) is 12.1 Å². The Bertz CT molecular complexity index is 652. The Hall–Kier alpha value is -2.23. The molecular weight excluding hydrogens is 250 g/mol. The van der Waals surface area contributed by atoms with Crippen LogP contribution in [-0.2, 0) is 11.2 Å². The van der Waals surface area contributed by atoms with Gasteiger partial charge in [0, 0.05) is 18.1 Å². The van der Waals surface area contributed by atoms with Gasteiger partial charge in [0.05, 0.1) is 5.56 Å². The van der Waals surface area contributed by atoms with Crippen molar-refractivity contribution in [1.82, 2.24) is 0 Å². The normalized spacial score (nSPS) is 17.8. The van der Waals surface area contributed by atoms with E-state index in [4.69, 9.17) is 4.74 Å². The van der Waals surface area contributed by atoms with E-state index in [2.05, 4.69) is 0 Å². The molecule has 0 N–H and O–H groups in total. The van der Waals surface area contributed by atoms with Crippen molar-refractivity contribution in [2.24, 2.45) is 0 Å². The number of hydrogen-bond acceptors (Lipinski definition) is 2. The zero-order valence-electron chi connectivity index (χ0n) is 9.90. The van der Waals surface area contributed by atoms with Gasteiger partial charge in [0.2, 0.25) is 0 Å². The van der Waals surface area contributed by atoms with Gasteiger partial charge in [-0.1, -0.05) is 18.2 Å². The van der Waals surface area contributed by atoms with Gasteiger partial charge in [-0.05, 0) is 23.8 Å². The molecule has 0 saturated carbocycles. The maximum absolute atomic E-state index is 13.7. The second kappa shape index (κ2) is 4.46. The maximum atomic E-state index is 13.7. The van der Waals surface area contributed by atoms with Crippen LogP contribution >= 0.6 is 0 Å². The molecule has 1 unspecified atom stereocenters. The Morgan fingerprint density at radius 1 is 1.11 bits per heavy atom. The Labute approximate surface area is 108 Å². The monoisotopic (exact) mass is 260 g/mol. The summed E-state index contributed by atoms with van der Waals surface area (Å²) in [6, 6.07) is 10.3. The van der Waals surface area contributed by atoms with Gasteiger partial charge in [0.1, 0.15) is 17.7 Å². The van der Waals surface area contributed by atoms with Crippen LogP contribution in [0, 0.1) is 11.6 Å². The summed E-state index contributed by atoms with van der Waals surface area (Å²) in [5, 5.41) is 0. The third kappa shape index (κ3) is 2.10. The number of rotatable bonds is 1. The molecule has 4 heteroatoms. The minimum absolute atomic E-state index is 0.198. The molecule has 2 aromatic carbocycles. The number of esters is 1. The van der Waals surface area contributed by atoms with E-state index in [0.717, 1.165) is 17.7 Å². The first kappa shape index (κ1) is 11.8. The van der Waals surface area contributed by atoms with Crippen molar-refractivity contribution in [3.05, 3.63) is 70.8 Å². The molecule has 0 bridgehead atoms. The summed E-state index contributed by atoms with van der Waals surface area (Å²) < 4.78 is 31.8. The van der Waals surface area contributed by atoms with Gasteiger partial charge in [-0.3, -0.25) is 0 Å². The number of hydrogen-bond donors (Lipinski definition) is 0. The molecule has 0 saturated heterocycles. The van der Waals surface area contributed by atoms with Gasteiger partial charge in [-0.2, -0.15) is 0 Å². The molecule has 1 heterocycles. The van der Waals surface area contributed by atoms with Crippen molar-refractivity contribution < 1.29 is 18.3 Å². The van der Waals surface area contributed by atoms with Crippen molar-refractivity contribution in [1.29, 1.82) is 0 Å². The highest BCUT2D eigenvalue weighted by atomic mass is 19.1. The third-order valence-electron chi connectivity index (χ3n) is 3.20. The molecular formula is C15H10F2O2. The summed E-state index contributed by atoms with van der Waals surface area (Å²) in [7, 11) is 0. The number of fused-ring (bicyclic) bond motifs is 1. The summed E-state index contributed by atoms with van der Waals surface area (Å²) >= 11 is 0. The van der Waals surface area contributed by atoms with Crippen LogP contribution in [0.3, 0.4) is 0 Å². The molecule has 0 aliphatic carbocycles. The summed E-state index contributed by atoms with van der Waals surface area (Å²) in [4.78, 5) is 11.8. The SMILES string of the molecule is O=C1OC(c2ccc(F)cc2F)Cc2ccccc21. The number of carbonyl (C=O) groups is 1. The first-order chi connectivity index (χ1) is 9.15. The lowest BCUT2D eigenvalue weighted by Gasteiger charge is -2.25. The van der Waals surface area contributed by atoms with Gasteiger partial charge < -0.3 is 4.74 Å². The molecule has 96 valence electrons. The number of benzene rings is 2. The highest BCUT2D eigenvalue weighted by Gasteiger charge is 2.28. The van der Waals surface area contributed by atoms with Crippen molar-refractivity contribution in [2.75, 3.05) is 0 Å². The Kier molecular flexibility index (Phi) is 2.78. The maximum Gasteiger partial charge on any atom is 0.339 e. The van der Waals surface area contributed by atoms with Crippen LogP contribution < -0.4 is 0 Å². The van der Waals surface area contributed by atoms with E-state index < -0.39 is 23.7 Å². The molecule has 2 nitrogen and oxygen atoms in total. The fraction of sp³-hybridized carbons (Fsp3) is 0.133. The summed E-state index contributed by atoms with van der Waals surface area (Å²) in [5.74, 6) is -1.82. The summed E-state index contributed by atoms with van der Waals surface area (Å²) in [6.45, 7) is 0. The largest absolute Gasteiger partial charge is 0.453 e.